The maximum absolute atomic E-state index is 12.0. The highest BCUT2D eigenvalue weighted by atomic mass is 16.5. The van der Waals surface area contributed by atoms with E-state index < -0.39 is 0 Å². The number of aryl methyl sites for hydroxylation is 2. The van der Waals surface area contributed by atoms with Gasteiger partial charge in [-0.15, -0.1) is 0 Å². The van der Waals surface area contributed by atoms with Gasteiger partial charge in [-0.3, -0.25) is 4.79 Å². The van der Waals surface area contributed by atoms with Crippen LogP contribution in [0.4, 0.5) is 0 Å². The van der Waals surface area contributed by atoms with Gasteiger partial charge in [0.25, 0.3) is 5.91 Å². The smallest absolute Gasteiger partial charge is 0.251 e. The molecule has 0 aliphatic rings. The molecule has 5 heteroatoms. The molecular weight excluding hydrogens is 302 g/mol. The highest BCUT2D eigenvalue weighted by molar-refractivity contribution is 5.94. The quantitative estimate of drug-likeness (QED) is 0.782. The maximum atomic E-state index is 12.0. The predicted octanol–water partition coefficient (Wildman–Crippen LogP) is 3.33. The van der Waals surface area contributed by atoms with Crippen LogP contribution in [0.15, 0.2) is 53.1 Å². The van der Waals surface area contributed by atoms with Gasteiger partial charge in [-0.25, -0.2) is 0 Å². The first-order valence-corrected chi connectivity index (χ1v) is 7.86. The zero-order valence-electron chi connectivity index (χ0n) is 13.7. The number of carbonyl (C=O) groups excluding carboxylic acids is 1. The normalized spacial score (nSPS) is 10.6. The van der Waals surface area contributed by atoms with E-state index in [-0.39, 0.29) is 5.91 Å². The second-order valence-corrected chi connectivity index (χ2v) is 5.75. The van der Waals surface area contributed by atoms with E-state index in [1.807, 2.05) is 62.4 Å². The first-order valence-electron chi connectivity index (χ1n) is 7.86. The third-order valence-electron chi connectivity index (χ3n) is 3.68. The minimum Gasteiger partial charge on any atom is -0.352 e. The van der Waals surface area contributed by atoms with E-state index in [0.29, 0.717) is 30.2 Å². The Bertz CT molecular complexity index is 838. The van der Waals surface area contributed by atoms with Gasteiger partial charge in [-0.1, -0.05) is 46.6 Å². The summed E-state index contributed by atoms with van der Waals surface area (Å²) in [6, 6.07) is 15.4. The lowest BCUT2D eigenvalue weighted by Gasteiger charge is -2.03. The summed E-state index contributed by atoms with van der Waals surface area (Å²) >= 11 is 0. The van der Waals surface area contributed by atoms with E-state index in [1.54, 1.807) is 0 Å². The minimum absolute atomic E-state index is 0.103. The fraction of sp³-hybridized carbons (Fsp3) is 0.211. The molecule has 0 spiro atoms. The zero-order chi connectivity index (χ0) is 16.9. The summed E-state index contributed by atoms with van der Waals surface area (Å²) in [4.78, 5) is 16.4. The van der Waals surface area contributed by atoms with Crippen LogP contribution < -0.4 is 5.32 Å². The summed E-state index contributed by atoms with van der Waals surface area (Å²) < 4.78 is 5.25. The van der Waals surface area contributed by atoms with Crippen LogP contribution in [0.5, 0.6) is 0 Å². The summed E-state index contributed by atoms with van der Waals surface area (Å²) in [6.45, 7) is 4.45. The monoisotopic (exact) mass is 321 g/mol. The van der Waals surface area contributed by atoms with Crippen LogP contribution in [0.25, 0.3) is 11.4 Å². The summed E-state index contributed by atoms with van der Waals surface area (Å²) in [5, 5.41) is 6.85. The number of amides is 1. The van der Waals surface area contributed by atoms with Crippen LogP contribution in [0.1, 0.15) is 27.4 Å². The van der Waals surface area contributed by atoms with Crippen LogP contribution in [-0.2, 0) is 6.42 Å². The molecule has 3 rings (SSSR count). The van der Waals surface area contributed by atoms with E-state index in [0.717, 1.165) is 16.7 Å². The molecule has 0 atom stereocenters. The van der Waals surface area contributed by atoms with E-state index in [1.165, 1.54) is 0 Å². The van der Waals surface area contributed by atoms with Crippen molar-refractivity contribution < 1.29 is 9.32 Å². The molecular formula is C19H19N3O2. The Kier molecular flexibility index (Phi) is 4.70. The molecule has 122 valence electrons. The molecule has 1 amide bonds. The second kappa shape index (κ2) is 7.08. The number of carbonyl (C=O) groups is 1. The lowest BCUT2D eigenvalue weighted by atomic mass is 10.1. The van der Waals surface area contributed by atoms with Crippen LogP contribution in [0.3, 0.4) is 0 Å². The third kappa shape index (κ3) is 3.87. The molecule has 2 aromatic carbocycles. The van der Waals surface area contributed by atoms with Crippen molar-refractivity contribution in [3.05, 3.63) is 71.1 Å². The molecule has 1 heterocycles. The van der Waals surface area contributed by atoms with Crippen molar-refractivity contribution in [1.82, 2.24) is 15.5 Å². The number of nitrogens with one attached hydrogen (secondary N) is 1. The molecule has 0 saturated carbocycles. The molecule has 3 aromatic rings. The SMILES string of the molecule is Cc1ccc(C(=O)NCCc2nc(-c3cccc(C)c3)no2)cc1. The number of aromatic nitrogens is 2. The minimum atomic E-state index is -0.103. The Labute approximate surface area is 140 Å². The molecule has 0 radical (unpaired) electrons. The van der Waals surface area contributed by atoms with Gasteiger partial charge in [0.15, 0.2) is 0 Å². The van der Waals surface area contributed by atoms with Gasteiger partial charge in [0.05, 0.1) is 0 Å². The molecule has 1 aromatic heterocycles. The number of nitrogens with zero attached hydrogens (tertiary/aromatic N) is 2. The molecule has 0 fully saturated rings. The van der Waals surface area contributed by atoms with Crippen molar-refractivity contribution in [1.29, 1.82) is 0 Å². The topological polar surface area (TPSA) is 68.0 Å². The van der Waals surface area contributed by atoms with Crippen LogP contribution >= 0.6 is 0 Å². The summed E-state index contributed by atoms with van der Waals surface area (Å²) in [7, 11) is 0. The third-order valence-corrected chi connectivity index (χ3v) is 3.68. The number of hydrogen-bond acceptors (Lipinski definition) is 4. The van der Waals surface area contributed by atoms with Crippen LogP contribution in [0, 0.1) is 13.8 Å². The van der Waals surface area contributed by atoms with E-state index in [9.17, 15) is 4.79 Å². The largest absolute Gasteiger partial charge is 0.352 e. The number of rotatable bonds is 5. The van der Waals surface area contributed by atoms with Crippen LogP contribution in [-0.4, -0.2) is 22.6 Å². The standard InChI is InChI=1S/C19H19N3O2/c1-13-6-8-15(9-7-13)19(23)20-11-10-17-21-18(22-24-17)16-5-3-4-14(2)12-16/h3-9,12H,10-11H2,1-2H3,(H,20,23). The molecule has 1 N–H and O–H groups in total. The molecule has 0 unspecified atom stereocenters. The van der Waals surface area contributed by atoms with E-state index in [4.69, 9.17) is 4.52 Å². The Morgan fingerprint density at radius 1 is 1.08 bits per heavy atom. The zero-order valence-corrected chi connectivity index (χ0v) is 13.7. The predicted molar refractivity (Wildman–Crippen MR) is 91.7 cm³/mol. The fourth-order valence-corrected chi connectivity index (χ4v) is 2.35. The molecule has 0 saturated heterocycles. The van der Waals surface area contributed by atoms with Crippen molar-refractivity contribution in [3.8, 4) is 11.4 Å². The van der Waals surface area contributed by atoms with Crippen molar-refractivity contribution in [3.63, 3.8) is 0 Å². The van der Waals surface area contributed by atoms with Gasteiger partial charge in [-0.2, -0.15) is 4.98 Å². The van der Waals surface area contributed by atoms with Crippen molar-refractivity contribution in [2.24, 2.45) is 0 Å². The lowest BCUT2D eigenvalue weighted by molar-refractivity contribution is 0.0953. The molecule has 0 aliphatic heterocycles. The highest BCUT2D eigenvalue weighted by Crippen LogP contribution is 2.16. The van der Waals surface area contributed by atoms with Gasteiger partial charge in [0.1, 0.15) is 0 Å². The average molecular weight is 321 g/mol. The first kappa shape index (κ1) is 15.9. The van der Waals surface area contributed by atoms with E-state index in [2.05, 4.69) is 15.5 Å². The molecule has 0 bridgehead atoms. The molecule has 0 aliphatic carbocycles. The Balaban J connectivity index is 1.56. The van der Waals surface area contributed by atoms with Gasteiger partial charge < -0.3 is 9.84 Å². The van der Waals surface area contributed by atoms with Gasteiger partial charge in [-0.05, 0) is 32.0 Å². The average Bonchev–Trinajstić information content (AvgIpc) is 3.04. The van der Waals surface area contributed by atoms with Gasteiger partial charge in [0.2, 0.25) is 11.7 Å². The van der Waals surface area contributed by atoms with Crippen LogP contribution in [0.2, 0.25) is 0 Å². The van der Waals surface area contributed by atoms with Gasteiger partial charge >= 0.3 is 0 Å². The Hall–Kier alpha value is -2.95. The maximum Gasteiger partial charge on any atom is 0.251 e. The number of hydrogen-bond donors (Lipinski definition) is 1. The van der Waals surface area contributed by atoms with Crippen molar-refractivity contribution >= 4 is 5.91 Å². The fourth-order valence-electron chi connectivity index (χ4n) is 2.35. The van der Waals surface area contributed by atoms with Crippen molar-refractivity contribution in [2.75, 3.05) is 6.54 Å². The first-order chi connectivity index (χ1) is 11.6. The van der Waals surface area contributed by atoms with Gasteiger partial charge in [0, 0.05) is 24.1 Å². The summed E-state index contributed by atoms with van der Waals surface area (Å²) in [6.07, 6.45) is 0.496. The molecule has 24 heavy (non-hydrogen) atoms. The summed E-state index contributed by atoms with van der Waals surface area (Å²) in [5.74, 6) is 0.975. The van der Waals surface area contributed by atoms with Crippen molar-refractivity contribution in [2.45, 2.75) is 20.3 Å². The Morgan fingerprint density at radius 3 is 2.62 bits per heavy atom. The lowest BCUT2D eigenvalue weighted by Crippen LogP contribution is -2.25. The second-order valence-electron chi connectivity index (χ2n) is 5.75. The molecule has 5 nitrogen and oxygen atoms in total. The highest BCUT2D eigenvalue weighted by Gasteiger charge is 2.10. The Morgan fingerprint density at radius 2 is 1.88 bits per heavy atom. The number of benzene rings is 2. The van der Waals surface area contributed by atoms with E-state index >= 15 is 0 Å². The summed E-state index contributed by atoms with van der Waals surface area (Å²) in [5.41, 5.74) is 3.84.